The molecule has 1 saturated heterocycles. The summed E-state index contributed by atoms with van der Waals surface area (Å²) in [5.41, 5.74) is 6.00. The Labute approximate surface area is 181 Å². The summed E-state index contributed by atoms with van der Waals surface area (Å²) in [5.74, 6) is -0.314. The zero-order chi connectivity index (χ0) is 21.8. The van der Waals surface area contributed by atoms with Gasteiger partial charge in [-0.1, -0.05) is 26.0 Å². The van der Waals surface area contributed by atoms with Gasteiger partial charge in [-0.15, -0.1) is 0 Å². The van der Waals surface area contributed by atoms with Crippen molar-refractivity contribution in [3.63, 3.8) is 0 Å². The van der Waals surface area contributed by atoms with Gasteiger partial charge in [0.2, 0.25) is 5.72 Å². The molecule has 1 fully saturated rings. The van der Waals surface area contributed by atoms with E-state index in [4.69, 9.17) is 4.74 Å². The fourth-order valence-electron chi connectivity index (χ4n) is 4.31. The van der Waals surface area contributed by atoms with Crippen LogP contribution in [0.4, 0.5) is 14.5 Å². The average Bonchev–Trinajstić information content (AvgIpc) is 3.44. The van der Waals surface area contributed by atoms with Crippen LogP contribution in [-0.2, 0) is 17.5 Å². The van der Waals surface area contributed by atoms with Crippen molar-refractivity contribution in [3.05, 3.63) is 76.9 Å². The van der Waals surface area contributed by atoms with E-state index < -0.39 is 5.72 Å². The predicted molar refractivity (Wildman–Crippen MR) is 116 cm³/mol. The minimum absolute atomic E-state index is 0. The number of fused-ring (bicyclic) bond motifs is 1. The van der Waals surface area contributed by atoms with Gasteiger partial charge in [0, 0.05) is 26.7 Å². The molecule has 1 unspecified atom stereocenters. The van der Waals surface area contributed by atoms with Gasteiger partial charge in [-0.3, -0.25) is 10.1 Å². The number of epoxide rings is 1. The lowest BCUT2D eigenvalue weighted by atomic mass is 9.78. The number of rotatable bonds is 2. The molecule has 9 heteroatoms. The lowest BCUT2D eigenvalue weighted by Gasteiger charge is -2.39. The first-order valence-corrected chi connectivity index (χ1v) is 10.2. The maximum absolute atomic E-state index is 14.4. The van der Waals surface area contributed by atoms with Gasteiger partial charge in [-0.25, -0.2) is 13.8 Å². The largest absolute Gasteiger partial charge is 0.376 e. The van der Waals surface area contributed by atoms with Crippen molar-refractivity contribution in [3.8, 4) is 0 Å². The number of nitrogens with zero attached hydrogens (tertiary/aromatic N) is 4. The molecule has 31 heavy (non-hydrogen) atoms. The molecule has 2 N–H and O–H groups in total. The van der Waals surface area contributed by atoms with Crippen LogP contribution >= 0.6 is 0 Å². The fraction of sp³-hybridized carbons (Fsp3) is 0.318. The Balaban J connectivity index is 0.000000747. The van der Waals surface area contributed by atoms with E-state index in [-0.39, 0.29) is 26.4 Å². The minimum Gasteiger partial charge on any atom is -0.376 e. The molecule has 3 aliphatic heterocycles. The van der Waals surface area contributed by atoms with E-state index in [1.807, 2.05) is 20.9 Å². The van der Waals surface area contributed by atoms with Gasteiger partial charge in [-0.2, -0.15) is 10.2 Å². The van der Waals surface area contributed by atoms with Gasteiger partial charge in [-0.05, 0) is 29.8 Å². The summed E-state index contributed by atoms with van der Waals surface area (Å²) in [6, 6.07) is 8.85. The van der Waals surface area contributed by atoms with Crippen molar-refractivity contribution in [2.75, 3.05) is 11.9 Å². The highest BCUT2D eigenvalue weighted by atomic mass is 19.1. The van der Waals surface area contributed by atoms with E-state index in [1.54, 1.807) is 16.8 Å². The molecule has 164 valence electrons. The number of hydrogen-bond acceptors (Lipinski definition) is 6. The molecular weight excluding hydrogens is 402 g/mol. The first-order valence-electron chi connectivity index (χ1n) is 10.2. The number of aryl methyl sites for hydroxylation is 1. The summed E-state index contributed by atoms with van der Waals surface area (Å²) in [4.78, 5) is 4.45. The molecule has 0 amide bonds. The summed E-state index contributed by atoms with van der Waals surface area (Å²) in [6.45, 7) is 4.43. The minimum atomic E-state index is -0.773. The molecule has 6 rings (SSSR count). The van der Waals surface area contributed by atoms with Gasteiger partial charge in [0.1, 0.15) is 30.4 Å². The Hall–Kier alpha value is -3.33. The fourth-order valence-corrected chi connectivity index (χ4v) is 4.31. The third-order valence-electron chi connectivity index (χ3n) is 5.78. The van der Waals surface area contributed by atoms with Gasteiger partial charge < -0.3 is 10.1 Å². The molecule has 0 saturated carbocycles. The molecule has 0 aliphatic carbocycles. The molecule has 1 aromatic heterocycles. The van der Waals surface area contributed by atoms with Crippen molar-refractivity contribution >= 4 is 11.4 Å². The second-order valence-corrected chi connectivity index (χ2v) is 7.49. The van der Waals surface area contributed by atoms with Crippen molar-refractivity contribution < 1.29 is 16.4 Å². The molecule has 7 nitrogen and oxygen atoms in total. The van der Waals surface area contributed by atoms with Crippen LogP contribution in [0.25, 0.3) is 0 Å². The van der Waals surface area contributed by atoms with Crippen LogP contribution in [-0.4, -0.2) is 27.1 Å². The van der Waals surface area contributed by atoms with Crippen LogP contribution in [0, 0.1) is 11.6 Å². The molecular formula is C22H26F2N6O. The van der Waals surface area contributed by atoms with Crippen molar-refractivity contribution in [2.24, 2.45) is 12.1 Å². The number of aromatic nitrogens is 3. The number of nitrogens with one attached hydrogen (secondary N) is 2. The topological polar surface area (TPSA) is 79.7 Å². The molecule has 0 radical (unpaired) electrons. The first-order chi connectivity index (χ1) is 15.1. The zero-order valence-electron chi connectivity index (χ0n) is 17.4. The lowest BCUT2D eigenvalue weighted by molar-refractivity contribution is 0.257. The predicted octanol–water partition coefficient (Wildman–Crippen LogP) is 4.05. The van der Waals surface area contributed by atoms with Crippen LogP contribution in [0.3, 0.4) is 0 Å². The van der Waals surface area contributed by atoms with E-state index >= 15 is 0 Å². The van der Waals surface area contributed by atoms with Crippen LogP contribution < -0.4 is 10.7 Å². The SMILES string of the molecule is CC.Cn1ncnc1[C@H]1C2=NNC3(CO3)c3cc(F)cc(c32)N[C@@H]1c1ccc(F)cc1.[HH].[HH]. The van der Waals surface area contributed by atoms with Gasteiger partial charge in [0.05, 0.1) is 17.7 Å². The second-order valence-electron chi connectivity index (χ2n) is 7.49. The first kappa shape index (κ1) is 19.6. The standard InChI is InChI=1S/C20H16F2N6O.C2H6.2H2/c1-28-19(23-9-24-28)16-17(10-2-4-11(21)5-3-10)25-14-7-12(22)6-13-15(14)18(16)26-27-20(13)8-29-20;1-2;;/h2-7,9,16-17,25,27H,8H2,1H3;1-2H3;2*1H/t16-,17-,20?;;;/m1.../s1. The molecule has 3 aliphatic rings. The highest BCUT2D eigenvalue weighted by Crippen LogP contribution is 2.50. The summed E-state index contributed by atoms with van der Waals surface area (Å²) in [5, 5.41) is 12.3. The third-order valence-corrected chi connectivity index (χ3v) is 5.78. The van der Waals surface area contributed by atoms with E-state index in [0.29, 0.717) is 18.1 Å². The normalized spacial score (nSPS) is 24.9. The van der Waals surface area contributed by atoms with Crippen molar-refractivity contribution in [2.45, 2.75) is 31.5 Å². The van der Waals surface area contributed by atoms with Crippen LogP contribution in [0.1, 0.15) is 51.2 Å². The Morgan fingerprint density at radius 2 is 1.90 bits per heavy atom. The highest BCUT2D eigenvalue weighted by Gasteiger charge is 2.54. The van der Waals surface area contributed by atoms with Gasteiger partial charge in [0.15, 0.2) is 0 Å². The third kappa shape index (κ3) is 2.99. The van der Waals surface area contributed by atoms with Gasteiger partial charge in [0.25, 0.3) is 0 Å². The molecule has 0 bridgehead atoms. The van der Waals surface area contributed by atoms with E-state index in [1.165, 1.54) is 30.6 Å². The molecule has 3 atom stereocenters. The second kappa shape index (κ2) is 7.12. The number of hydrazone groups is 1. The number of ether oxygens (including phenoxy) is 1. The Bertz CT molecular complexity index is 1180. The highest BCUT2D eigenvalue weighted by molar-refractivity contribution is 6.13. The monoisotopic (exact) mass is 428 g/mol. The quantitative estimate of drug-likeness (QED) is 0.602. The number of anilines is 1. The maximum Gasteiger partial charge on any atom is 0.204 e. The summed E-state index contributed by atoms with van der Waals surface area (Å²) >= 11 is 0. The zero-order valence-corrected chi connectivity index (χ0v) is 17.4. The van der Waals surface area contributed by atoms with Crippen LogP contribution in [0.2, 0.25) is 0 Å². The molecule has 1 spiro atoms. The van der Waals surface area contributed by atoms with E-state index in [0.717, 1.165) is 22.4 Å². The smallest absolute Gasteiger partial charge is 0.204 e. The Morgan fingerprint density at radius 1 is 1.16 bits per heavy atom. The van der Waals surface area contributed by atoms with Crippen molar-refractivity contribution in [1.82, 2.24) is 20.2 Å². The lowest BCUT2D eigenvalue weighted by Crippen LogP contribution is -2.42. The molecule has 2 aromatic carbocycles. The Morgan fingerprint density at radius 3 is 2.55 bits per heavy atom. The number of benzene rings is 2. The average molecular weight is 428 g/mol. The number of hydrogen-bond donors (Lipinski definition) is 2. The van der Waals surface area contributed by atoms with E-state index in [2.05, 4.69) is 25.9 Å². The summed E-state index contributed by atoms with van der Waals surface area (Å²) in [7, 11) is 1.81. The summed E-state index contributed by atoms with van der Waals surface area (Å²) in [6.07, 6.45) is 1.49. The van der Waals surface area contributed by atoms with Crippen LogP contribution in [0.5, 0.6) is 0 Å². The Kier molecular flexibility index (Phi) is 4.51. The van der Waals surface area contributed by atoms with Crippen LogP contribution in [0.15, 0.2) is 47.8 Å². The van der Waals surface area contributed by atoms with Crippen molar-refractivity contribution in [1.29, 1.82) is 0 Å². The van der Waals surface area contributed by atoms with Gasteiger partial charge >= 0.3 is 0 Å². The molecule has 3 aromatic rings. The maximum atomic E-state index is 14.4. The summed E-state index contributed by atoms with van der Waals surface area (Å²) < 4.78 is 35.2. The molecule has 4 heterocycles. The number of halogens is 2. The van der Waals surface area contributed by atoms with E-state index in [9.17, 15) is 8.78 Å².